The predicted molar refractivity (Wildman–Crippen MR) is 212 cm³/mol. The molecule has 0 fully saturated rings. The molecule has 0 atom stereocenters. The number of benzene rings is 5. The number of carboxylic acids is 1. The summed E-state index contributed by atoms with van der Waals surface area (Å²) in [5.41, 5.74) is 4.07. The highest BCUT2D eigenvalue weighted by atomic mass is 19.1. The second-order valence-corrected chi connectivity index (χ2v) is 13.4. The van der Waals surface area contributed by atoms with Gasteiger partial charge in [-0.1, -0.05) is 150 Å². The number of halogens is 1. The van der Waals surface area contributed by atoms with E-state index in [1.807, 2.05) is 36.4 Å². The summed E-state index contributed by atoms with van der Waals surface area (Å²) < 4.78 is 14.4. The third kappa shape index (κ3) is 10.2. The minimum Gasteiger partial charge on any atom is -0.478 e. The van der Waals surface area contributed by atoms with Crippen molar-refractivity contribution in [2.24, 2.45) is 0 Å². The summed E-state index contributed by atoms with van der Waals surface area (Å²) in [6.07, 6.45) is 15.6. The van der Waals surface area contributed by atoms with Crippen molar-refractivity contribution >= 4 is 33.2 Å². The van der Waals surface area contributed by atoms with Crippen molar-refractivity contribution in [3.63, 3.8) is 0 Å². The molecule has 0 aliphatic rings. The zero-order valence-corrected chi connectivity index (χ0v) is 30.2. The van der Waals surface area contributed by atoms with Crippen LogP contribution in [0.1, 0.15) is 124 Å². The SMILES string of the molecule is CCCCCCCCN(CCCCCCCC)c1ccc(C#Cc2c3ccccc3c(C#Cc3ccc(C(=O)O)c(F)c3)c3ccccc23)cc1. The summed E-state index contributed by atoms with van der Waals surface area (Å²) in [4.78, 5) is 13.8. The maximum atomic E-state index is 14.4. The third-order valence-electron chi connectivity index (χ3n) is 9.59. The van der Waals surface area contributed by atoms with E-state index in [9.17, 15) is 14.3 Å². The number of carbonyl (C=O) groups is 1. The van der Waals surface area contributed by atoms with Gasteiger partial charge in [0, 0.05) is 41.0 Å². The second-order valence-electron chi connectivity index (χ2n) is 13.4. The van der Waals surface area contributed by atoms with Gasteiger partial charge in [0.05, 0.1) is 5.56 Å². The minimum absolute atomic E-state index is 0.368. The number of fused-ring (bicyclic) bond motifs is 2. The predicted octanol–water partition coefficient (Wildman–Crippen LogP) is 12.2. The standard InChI is InChI=1S/C47H50FNO2/c1-3-5-7-9-11-17-33-49(34-18-12-10-8-6-4-2)38-28-23-36(24-29-38)25-30-43-39-19-13-15-21-41(39)44(42-22-16-14-20-40(42)43)31-26-37-27-32-45(47(50)51)46(48)35-37/h13-16,19-24,27-29,32,35H,3-12,17-18,33-34H2,1-2H3,(H,50,51). The highest BCUT2D eigenvalue weighted by Crippen LogP contribution is 2.32. The maximum Gasteiger partial charge on any atom is 0.338 e. The molecule has 5 aromatic carbocycles. The van der Waals surface area contributed by atoms with Gasteiger partial charge in [0.15, 0.2) is 0 Å². The maximum absolute atomic E-state index is 14.4. The number of unbranched alkanes of at least 4 members (excludes halogenated alkanes) is 10. The summed E-state index contributed by atoms with van der Waals surface area (Å²) in [5, 5.41) is 13.1. The molecule has 0 aliphatic carbocycles. The Morgan fingerprint density at radius 1 is 0.569 bits per heavy atom. The first-order valence-corrected chi connectivity index (χ1v) is 18.9. The van der Waals surface area contributed by atoms with Crippen molar-refractivity contribution in [3.8, 4) is 23.7 Å². The molecule has 0 saturated heterocycles. The molecule has 5 aromatic rings. The van der Waals surface area contributed by atoms with Gasteiger partial charge in [-0.15, -0.1) is 0 Å². The Balaban J connectivity index is 1.40. The quantitative estimate of drug-likeness (QED) is 0.0641. The van der Waals surface area contributed by atoms with E-state index >= 15 is 0 Å². The van der Waals surface area contributed by atoms with Gasteiger partial charge in [0.25, 0.3) is 0 Å². The monoisotopic (exact) mass is 679 g/mol. The van der Waals surface area contributed by atoms with Crippen molar-refractivity contribution in [1.82, 2.24) is 0 Å². The smallest absolute Gasteiger partial charge is 0.338 e. The Morgan fingerprint density at radius 2 is 1.00 bits per heavy atom. The molecule has 0 amide bonds. The number of rotatable bonds is 16. The molecule has 1 N–H and O–H groups in total. The first-order chi connectivity index (χ1) is 25.0. The molecule has 0 heterocycles. The lowest BCUT2D eigenvalue weighted by molar-refractivity contribution is 0.0692. The van der Waals surface area contributed by atoms with Crippen LogP contribution in [0.5, 0.6) is 0 Å². The van der Waals surface area contributed by atoms with E-state index in [4.69, 9.17) is 0 Å². The van der Waals surface area contributed by atoms with E-state index in [0.29, 0.717) is 5.56 Å². The fourth-order valence-electron chi connectivity index (χ4n) is 6.72. The molecular formula is C47H50FNO2. The molecule has 5 rings (SSSR count). The molecule has 0 saturated carbocycles. The topological polar surface area (TPSA) is 40.5 Å². The first kappa shape index (κ1) is 37.2. The summed E-state index contributed by atoms with van der Waals surface area (Å²) in [7, 11) is 0. The molecule has 4 heteroatoms. The molecular weight excluding hydrogens is 630 g/mol. The van der Waals surface area contributed by atoms with E-state index < -0.39 is 11.8 Å². The van der Waals surface area contributed by atoms with Crippen molar-refractivity contribution in [3.05, 3.63) is 125 Å². The Morgan fingerprint density at radius 3 is 1.45 bits per heavy atom. The van der Waals surface area contributed by atoms with E-state index in [-0.39, 0.29) is 5.56 Å². The molecule has 0 unspecified atom stereocenters. The highest BCUT2D eigenvalue weighted by Gasteiger charge is 2.13. The number of carboxylic acid groups (broad SMARTS) is 1. The van der Waals surface area contributed by atoms with Crippen LogP contribution in [-0.4, -0.2) is 24.2 Å². The average molecular weight is 680 g/mol. The van der Waals surface area contributed by atoms with Crippen molar-refractivity contribution in [2.75, 3.05) is 18.0 Å². The Bertz CT molecular complexity index is 1970. The lowest BCUT2D eigenvalue weighted by Gasteiger charge is -2.25. The van der Waals surface area contributed by atoms with Crippen molar-refractivity contribution in [1.29, 1.82) is 0 Å². The van der Waals surface area contributed by atoms with Gasteiger partial charge in [-0.3, -0.25) is 0 Å². The van der Waals surface area contributed by atoms with E-state index in [1.165, 1.54) is 101 Å². The molecule has 0 spiro atoms. The molecule has 0 aromatic heterocycles. The lowest BCUT2D eigenvalue weighted by Crippen LogP contribution is -2.25. The Kier molecular flexibility index (Phi) is 14.1. The normalized spacial score (nSPS) is 10.8. The van der Waals surface area contributed by atoms with Gasteiger partial charge in [0.2, 0.25) is 0 Å². The molecule has 3 nitrogen and oxygen atoms in total. The summed E-state index contributed by atoms with van der Waals surface area (Å²) >= 11 is 0. The molecule has 51 heavy (non-hydrogen) atoms. The van der Waals surface area contributed by atoms with Crippen LogP contribution in [0.25, 0.3) is 21.5 Å². The summed E-state index contributed by atoms with van der Waals surface area (Å²) in [6.45, 7) is 6.74. The first-order valence-electron chi connectivity index (χ1n) is 18.9. The molecule has 262 valence electrons. The van der Waals surface area contributed by atoms with E-state index in [0.717, 1.165) is 51.3 Å². The third-order valence-corrected chi connectivity index (χ3v) is 9.59. The largest absolute Gasteiger partial charge is 0.478 e. The second kappa shape index (κ2) is 19.4. The van der Waals surface area contributed by atoms with Crippen LogP contribution in [0.3, 0.4) is 0 Å². The van der Waals surface area contributed by atoms with Crippen molar-refractivity contribution < 1.29 is 14.3 Å². The van der Waals surface area contributed by atoms with Crippen molar-refractivity contribution in [2.45, 2.75) is 90.9 Å². The number of hydrogen-bond acceptors (Lipinski definition) is 2. The van der Waals surface area contributed by atoms with E-state index in [2.05, 4.69) is 78.8 Å². The summed E-state index contributed by atoms with van der Waals surface area (Å²) in [6, 6.07) is 29.0. The number of hydrogen-bond donors (Lipinski definition) is 1. The molecule has 0 radical (unpaired) electrons. The Hall–Kier alpha value is -5.06. The summed E-state index contributed by atoms with van der Waals surface area (Å²) in [5.74, 6) is 11.2. The van der Waals surface area contributed by atoms with Crippen LogP contribution in [0.15, 0.2) is 91.0 Å². The van der Waals surface area contributed by atoms with Crippen LogP contribution in [0, 0.1) is 29.5 Å². The fraction of sp³-hybridized carbons (Fsp3) is 0.340. The molecule has 0 aliphatic heterocycles. The Labute approximate surface area is 303 Å². The van der Waals surface area contributed by atoms with Gasteiger partial charge in [-0.25, -0.2) is 9.18 Å². The molecule has 0 bridgehead atoms. The number of nitrogens with zero attached hydrogens (tertiary/aromatic N) is 1. The van der Waals surface area contributed by atoms with Crippen LogP contribution in [-0.2, 0) is 0 Å². The number of anilines is 1. The zero-order chi connectivity index (χ0) is 35.8. The lowest BCUT2D eigenvalue weighted by atomic mass is 9.92. The number of aromatic carboxylic acids is 1. The average Bonchev–Trinajstić information content (AvgIpc) is 3.15. The van der Waals surface area contributed by atoms with Gasteiger partial charge < -0.3 is 10.0 Å². The van der Waals surface area contributed by atoms with Crippen LogP contribution < -0.4 is 4.90 Å². The van der Waals surface area contributed by atoms with Gasteiger partial charge in [-0.05, 0) is 76.9 Å². The van der Waals surface area contributed by atoms with Gasteiger partial charge in [-0.2, -0.15) is 0 Å². The van der Waals surface area contributed by atoms with Gasteiger partial charge in [0.1, 0.15) is 5.82 Å². The minimum atomic E-state index is -1.30. The van der Waals surface area contributed by atoms with Crippen LogP contribution in [0.4, 0.5) is 10.1 Å². The fourth-order valence-corrected chi connectivity index (χ4v) is 6.72. The highest BCUT2D eigenvalue weighted by molar-refractivity contribution is 6.09. The zero-order valence-electron chi connectivity index (χ0n) is 30.2. The van der Waals surface area contributed by atoms with E-state index in [1.54, 1.807) is 0 Å². The van der Waals surface area contributed by atoms with Crippen LogP contribution >= 0.6 is 0 Å². The van der Waals surface area contributed by atoms with Crippen LogP contribution in [0.2, 0.25) is 0 Å². The van der Waals surface area contributed by atoms with Gasteiger partial charge >= 0.3 is 5.97 Å².